The van der Waals surface area contributed by atoms with E-state index in [-0.39, 0.29) is 32.8 Å². The van der Waals surface area contributed by atoms with Crippen LogP contribution in [0.2, 0.25) is 0 Å². The van der Waals surface area contributed by atoms with Gasteiger partial charge in [-0.3, -0.25) is 9.36 Å². The monoisotopic (exact) mass is 441 g/mol. The molecular weight excluding hydrogens is 422 g/mol. The Morgan fingerprint density at radius 2 is 2.10 bits per heavy atom. The van der Waals surface area contributed by atoms with Gasteiger partial charge in [0.2, 0.25) is 0 Å². The molecule has 1 unspecified atom stereocenters. The Kier molecular flexibility index (Phi) is 6.27. The zero-order chi connectivity index (χ0) is 22.7. The molecule has 2 aromatic rings. The first-order valence-corrected chi connectivity index (χ1v) is 9.96. The molecule has 0 saturated carbocycles. The first kappa shape index (κ1) is 21.9. The summed E-state index contributed by atoms with van der Waals surface area (Å²) in [6.45, 7) is 1.74. The maximum Gasteiger partial charge on any atom is 0.338 e. The van der Waals surface area contributed by atoms with E-state index in [1.54, 1.807) is 31.2 Å². The Labute approximate surface area is 180 Å². The Balaban J connectivity index is 2.47. The predicted molar refractivity (Wildman–Crippen MR) is 113 cm³/mol. The van der Waals surface area contributed by atoms with Crippen molar-refractivity contribution >= 4 is 40.7 Å². The van der Waals surface area contributed by atoms with E-state index in [0.29, 0.717) is 11.3 Å². The molecule has 9 nitrogen and oxygen atoms in total. The van der Waals surface area contributed by atoms with Gasteiger partial charge in [-0.25, -0.2) is 9.59 Å². The van der Waals surface area contributed by atoms with Crippen molar-refractivity contribution in [2.75, 3.05) is 20.8 Å². The van der Waals surface area contributed by atoms with Gasteiger partial charge in [-0.05, 0) is 24.6 Å². The SMILES string of the molecule is CCOC(=O)C1=c2sc(=CC(=O)OC)c(=O)n2C(N)=C(C#N)C1c1cccc(OC)c1. The lowest BCUT2D eigenvalue weighted by molar-refractivity contribution is -0.136. The van der Waals surface area contributed by atoms with Crippen LogP contribution in [0.15, 0.2) is 34.6 Å². The van der Waals surface area contributed by atoms with E-state index in [1.165, 1.54) is 14.2 Å². The summed E-state index contributed by atoms with van der Waals surface area (Å²) in [5.74, 6) is -1.92. The van der Waals surface area contributed by atoms with Crippen LogP contribution in [0.25, 0.3) is 17.5 Å². The van der Waals surface area contributed by atoms with Crippen LogP contribution in [-0.4, -0.2) is 37.3 Å². The molecule has 0 amide bonds. The Bertz CT molecular complexity index is 1310. The lowest BCUT2D eigenvalue weighted by atomic mass is 9.84. The summed E-state index contributed by atoms with van der Waals surface area (Å²) in [6, 6.07) is 8.86. The number of hydrogen-bond acceptors (Lipinski definition) is 9. The highest BCUT2D eigenvalue weighted by Crippen LogP contribution is 2.37. The molecule has 1 aromatic carbocycles. The average Bonchev–Trinajstić information content (AvgIpc) is 3.09. The zero-order valence-corrected chi connectivity index (χ0v) is 17.8. The second-order valence-corrected chi connectivity index (χ2v) is 7.36. The minimum absolute atomic E-state index is 0.00771. The number of hydrogen-bond donors (Lipinski definition) is 1. The highest BCUT2D eigenvalue weighted by Gasteiger charge is 2.36. The van der Waals surface area contributed by atoms with Gasteiger partial charge >= 0.3 is 11.9 Å². The average molecular weight is 441 g/mol. The third-order valence-electron chi connectivity index (χ3n) is 4.64. The van der Waals surface area contributed by atoms with Crippen LogP contribution in [-0.2, 0) is 19.1 Å². The molecular formula is C21H19N3O6S. The largest absolute Gasteiger partial charge is 0.497 e. The fourth-order valence-electron chi connectivity index (χ4n) is 3.27. The molecule has 1 atom stereocenters. The van der Waals surface area contributed by atoms with Gasteiger partial charge in [0, 0.05) is 6.08 Å². The van der Waals surface area contributed by atoms with E-state index >= 15 is 0 Å². The van der Waals surface area contributed by atoms with E-state index in [9.17, 15) is 19.6 Å². The zero-order valence-electron chi connectivity index (χ0n) is 17.0. The van der Waals surface area contributed by atoms with E-state index in [0.717, 1.165) is 22.0 Å². The summed E-state index contributed by atoms with van der Waals surface area (Å²) in [5.41, 5.74) is 6.22. The van der Waals surface area contributed by atoms with Gasteiger partial charge in [0.1, 0.15) is 20.8 Å². The Morgan fingerprint density at radius 1 is 1.35 bits per heavy atom. The van der Waals surface area contributed by atoms with Gasteiger partial charge in [-0.15, -0.1) is 11.3 Å². The van der Waals surface area contributed by atoms with Crippen molar-refractivity contribution in [2.24, 2.45) is 5.73 Å². The van der Waals surface area contributed by atoms with Gasteiger partial charge in [0.15, 0.2) is 0 Å². The topological polar surface area (TPSA) is 134 Å². The Hall–Kier alpha value is -3.84. The van der Waals surface area contributed by atoms with Crippen molar-refractivity contribution in [1.82, 2.24) is 4.57 Å². The second-order valence-electron chi connectivity index (χ2n) is 6.33. The van der Waals surface area contributed by atoms with Crippen LogP contribution in [0.3, 0.4) is 0 Å². The summed E-state index contributed by atoms with van der Waals surface area (Å²) in [7, 11) is 2.68. The summed E-state index contributed by atoms with van der Waals surface area (Å²) in [6.07, 6.45) is 1.01. The first-order chi connectivity index (χ1) is 14.9. The molecule has 1 aliphatic heterocycles. The molecule has 2 N–H and O–H groups in total. The lowest BCUT2D eigenvalue weighted by Gasteiger charge is -2.25. The minimum Gasteiger partial charge on any atom is -0.497 e. The molecule has 3 rings (SSSR count). The van der Waals surface area contributed by atoms with Crippen molar-refractivity contribution < 1.29 is 23.8 Å². The number of carbonyl (C=O) groups is 2. The number of nitrogens with two attached hydrogens (primary N) is 1. The molecule has 160 valence electrons. The van der Waals surface area contributed by atoms with Crippen molar-refractivity contribution in [3.8, 4) is 11.8 Å². The summed E-state index contributed by atoms with van der Waals surface area (Å²) in [5, 5.41) is 9.88. The molecule has 10 heteroatoms. The van der Waals surface area contributed by atoms with Gasteiger partial charge in [-0.1, -0.05) is 12.1 Å². The number of esters is 2. The third-order valence-corrected chi connectivity index (χ3v) is 5.75. The van der Waals surface area contributed by atoms with Crippen LogP contribution in [0.5, 0.6) is 5.75 Å². The van der Waals surface area contributed by atoms with Gasteiger partial charge in [-0.2, -0.15) is 5.26 Å². The number of aromatic nitrogens is 1. The normalized spacial score (nSPS) is 15.9. The minimum atomic E-state index is -0.886. The van der Waals surface area contributed by atoms with Gasteiger partial charge in [0.25, 0.3) is 5.56 Å². The number of nitrogens with zero attached hydrogens (tertiary/aromatic N) is 2. The highest BCUT2D eigenvalue weighted by atomic mass is 32.1. The van der Waals surface area contributed by atoms with Crippen LogP contribution < -0.4 is 25.2 Å². The second kappa shape index (κ2) is 8.89. The number of carbonyl (C=O) groups excluding carboxylic acids is 2. The lowest BCUT2D eigenvalue weighted by Crippen LogP contribution is -2.40. The van der Waals surface area contributed by atoms with Crippen molar-refractivity contribution in [1.29, 1.82) is 5.26 Å². The van der Waals surface area contributed by atoms with Crippen LogP contribution in [0.1, 0.15) is 18.4 Å². The number of thiazole rings is 1. The number of nitriles is 1. The molecule has 0 fully saturated rings. The molecule has 0 radical (unpaired) electrons. The third kappa shape index (κ3) is 3.83. The van der Waals surface area contributed by atoms with E-state index < -0.39 is 23.4 Å². The number of benzene rings is 1. The number of fused-ring (bicyclic) bond motifs is 1. The summed E-state index contributed by atoms with van der Waals surface area (Å²) >= 11 is 0.894. The first-order valence-electron chi connectivity index (χ1n) is 9.14. The summed E-state index contributed by atoms with van der Waals surface area (Å²) < 4.78 is 16.3. The van der Waals surface area contributed by atoms with Crippen LogP contribution in [0.4, 0.5) is 0 Å². The predicted octanol–water partition coefficient (Wildman–Crippen LogP) is 0.0340. The van der Waals surface area contributed by atoms with Crippen molar-refractivity contribution in [2.45, 2.75) is 12.8 Å². The smallest absolute Gasteiger partial charge is 0.338 e. The van der Waals surface area contributed by atoms with Gasteiger partial charge in [0.05, 0.1) is 44.0 Å². The summed E-state index contributed by atoms with van der Waals surface area (Å²) in [4.78, 5) is 37.6. The maximum atomic E-state index is 13.0. The molecule has 0 saturated heterocycles. The fraction of sp³-hybridized carbons (Fsp3) is 0.238. The number of methoxy groups -OCH3 is 2. The van der Waals surface area contributed by atoms with Crippen LogP contribution in [0, 0.1) is 11.3 Å². The quantitative estimate of drug-likeness (QED) is 0.643. The van der Waals surface area contributed by atoms with Crippen molar-refractivity contribution in [3.63, 3.8) is 0 Å². The molecule has 0 bridgehead atoms. The molecule has 31 heavy (non-hydrogen) atoms. The van der Waals surface area contributed by atoms with E-state index in [1.807, 2.05) is 6.07 Å². The standard InChI is InChI=1S/C21H19N3O6S/c1-4-30-21(27)17-16(11-6-5-7-12(8-11)28-2)13(10-22)18(23)24-19(26)14(31-20(17)24)9-15(25)29-3/h5-9,16H,4,23H2,1-3H3. The van der Waals surface area contributed by atoms with E-state index in [2.05, 4.69) is 4.74 Å². The van der Waals surface area contributed by atoms with Crippen molar-refractivity contribution in [3.05, 3.63) is 55.0 Å². The Morgan fingerprint density at radius 3 is 2.71 bits per heavy atom. The highest BCUT2D eigenvalue weighted by molar-refractivity contribution is 7.07. The molecule has 0 aliphatic carbocycles. The number of rotatable bonds is 5. The number of ether oxygens (including phenoxy) is 3. The van der Waals surface area contributed by atoms with Crippen LogP contribution >= 0.6 is 11.3 Å². The fourth-order valence-corrected chi connectivity index (χ4v) is 4.40. The molecule has 1 aliphatic rings. The number of allylic oxidation sites excluding steroid dienone is 1. The maximum absolute atomic E-state index is 13.0. The van der Waals surface area contributed by atoms with E-state index in [4.69, 9.17) is 15.2 Å². The molecule has 0 spiro atoms. The molecule has 1 aromatic heterocycles. The van der Waals surface area contributed by atoms with Gasteiger partial charge < -0.3 is 19.9 Å². The molecule has 2 heterocycles.